The molecular formula is C18H30IN5O2. The number of guanidine groups is 1. The first-order chi connectivity index (χ1) is 12.1. The normalized spacial score (nSPS) is 16.7. The van der Waals surface area contributed by atoms with E-state index in [0.717, 1.165) is 44.2 Å². The second-order valence-corrected chi connectivity index (χ2v) is 6.36. The van der Waals surface area contributed by atoms with E-state index in [1.807, 2.05) is 27.0 Å². The zero-order valence-corrected chi connectivity index (χ0v) is 18.2. The van der Waals surface area contributed by atoms with Gasteiger partial charge in [-0.15, -0.1) is 24.0 Å². The Bertz CT molecular complexity index is 573. The summed E-state index contributed by atoms with van der Waals surface area (Å²) >= 11 is 0. The summed E-state index contributed by atoms with van der Waals surface area (Å²) in [5.74, 6) is 1.87. The standard InChI is InChI=1S/C18H29N5O2.HI/c1-4-19-18(23(3)12-15-8-10-25-13-15)20-9-7-17(24)22-16-6-5-14(2)11-21-16;/h5-6,11,15H,4,7-10,12-13H2,1-3H3,(H,19,20)(H,21,22,24);1H. The molecule has 1 aliphatic heterocycles. The number of carbonyl (C=O) groups excluding carboxylic acids is 1. The van der Waals surface area contributed by atoms with Crippen LogP contribution in [0.15, 0.2) is 23.3 Å². The molecule has 1 amide bonds. The highest BCUT2D eigenvalue weighted by atomic mass is 127. The van der Waals surface area contributed by atoms with Gasteiger partial charge < -0.3 is 20.3 Å². The molecule has 1 aliphatic rings. The van der Waals surface area contributed by atoms with E-state index in [-0.39, 0.29) is 29.9 Å². The average Bonchev–Trinajstić information content (AvgIpc) is 3.09. The molecule has 2 N–H and O–H groups in total. The Kier molecular flexibility index (Phi) is 10.5. The van der Waals surface area contributed by atoms with Gasteiger partial charge in [-0.3, -0.25) is 9.79 Å². The van der Waals surface area contributed by atoms with Crippen molar-refractivity contribution in [2.75, 3.05) is 45.2 Å². The van der Waals surface area contributed by atoms with Gasteiger partial charge in [0.1, 0.15) is 5.82 Å². The molecular weight excluding hydrogens is 445 g/mol. The number of aromatic nitrogens is 1. The van der Waals surface area contributed by atoms with Crippen LogP contribution in [-0.2, 0) is 9.53 Å². The maximum absolute atomic E-state index is 12.0. The number of nitrogens with one attached hydrogen (secondary N) is 2. The molecule has 0 saturated carbocycles. The van der Waals surface area contributed by atoms with Crippen molar-refractivity contribution >= 4 is 41.7 Å². The van der Waals surface area contributed by atoms with Gasteiger partial charge in [0.15, 0.2) is 5.96 Å². The maximum atomic E-state index is 12.0. The molecule has 7 nitrogen and oxygen atoms in total. The molecule has 2 rings (SSSR count). The van der Waals surface area contributed by atoms with Crippen LogP contribution in [0.5, 0.6) is 0 Å². The zero-order valence-electron chi connectivity index (χ0n) is 15.8. The van der Waals surface area contributed by atoms with Crippen molar-refractivity contribution in [3.8, 4) is 0 Å². The van der Waals surface area contributed by atoms with Crippen LogP contribution in [0.4, 0.5) is 5.82 Å². The quantitative estimate of drug-likeness (QED) is 0.360. The number of aliphatic imine (C=N–C) groups is 1. The summed E-state index contributed by atoms with van der Waals surface area (Å²) in [6.45, 7) is 7.80. The molecule has 0 bridgehead atoms. The molecule has 0 aliphatic carbocycles. The lowest BCUT2D eigenvalue weighted by Crippen LogP contribution is -2.41. The molecule has 1 aromatic rings. The number of hydrogen-bond donors (Lipinski definition) is 2. The number of rotatable bonds is 7. The maximum Gasteiger partial charge on any atom is 0.227 e. The minimum absolute atomic E-state index is 0. The minimum atomic E-state index is -0.0807. The molecule has 26 heavy (non-hydrogen) atoms. The summed E-state index contributed by atoms with van der Waals surface area (Å²) in [6, 6.07) is 3.73. The van der Waals surface area contributed by atoms with Crippen LogP contribution in [0, 0.1) is 12.8 Å². The molecule has 0 spiro atoms. The monoisotopic (exact) mass is 475 g/mol. The van der Waals surface area contributed by atoms with Crippen molar-refractivity contribution in [1.29, 1.82) is 0 Å². The number of pyridine rings is 1. The molecule has 0 aromatic carbocycles. The van der Waals surface area contributed by atoms with Crippen LogP contribution >= 0.6 is 24.0 Å². The number of anilines is 1. The van der Waals surface area contributed by atoms with Crippen LogP contribution in [0.1, 0.15) is 25.3 Å². The Morgan fingerprint density at radius 1 is 1.46 bits per heavy atom. The van der Waals surface area contributed by atoms with Crippen molar-refractivity contribution in [1.82, 2.24) is 15.2 Å². The second-order valence-electron chi connectivity index (χ2n) is 6.36. The lowest BCUT2D eigenvalue weighted by molar-refractivity contribution is -0.116. The average molecular weight is 475 g/mol. The highest BCUT2D eigenvalue weighted by Gasteiger charge is 2.19. The molecule has 1 saturated heterocycles. The number of amides is 1. The summed E-state index contributed by atoms with van der Waals surface area (Å²) in [5, 5.41) is 6.07. The van der Waals surface area contributed by atoms with E-state index in [1.165, 1.54) is 0 Å². The second kappa shape index (κ2) is 12.1. The summed E-state index contributed by atoms with van der Waals surface area (Å²) < 4.78 is 5.43. The van der Waals surface area contributed by atoms with Gasteiger partial charge in [-0.05, 0) is 31.9 Å². The molecule has 2 heterocycles. The largest absolute Gasteiger partial charge is 0.381 e. The molecule has 8 heteroatoms. The minimum Gasteiger partial charge on any atom is -0.381 e. The van der Waals surface area contributed by atoms with E-state index >= 15 is 0 Å². The molecule has 146 valence electrons. The fraction of sp³-hybridized carbons (Fsp3) is 0.611. The predicted octanol–water partition coefficient (Wildman–Crippen LogP) is 2.27. The molecule has 1 fully saturated rings. The number of aryl methyl sites for hydroxylation is 1. The third-order valence-corrected chi connectivity index (χ3v) is 4.03. The van der Waals surface area contributed by atoms with Gasteiger partial charge in [0, 0.05) is 45.3 Å². The predicted molar refractivity (Wildman–Crippen MR) is 115 cm³/mol. The third-order valence-electron chi connectivity index (χ3n) is 4.03. The Labute approximate surface area is 173 Å². The van der Waals surface area contributed by atoms with Gasteiger partial charge in [-0.1, -0.05) is 6.07 Å². The van der Waals surface area contributed by atoms with Crippen LogP contribution in [0.25, 0.3) is 0 Å². The summed E-state index contributed by atoms with van der Waals surface area (Å²) in [6.07, 6.45) is 3.15. The number of ether oxygens (including phenoxy) is 1. The van der Waals surface area contributed by atoms with E-state index in [1.54, 1.807) is 12.3 Å². The Hall–Kier alpha value is -1.42. The third kappa shape index (κ3) is 7.86. The molecule has 1 unspecified atom stereocenters. The number of halogens is 1. The molecule has 0 radical (unpaired) electrons. The summed E-state index contributed by atoms with van der Waals surface area (Å²) in [5.41, 5.74) is 1.06. The summed E-state index contributed by atoms with van der Waals surface area (Å²) in [4.78, 5) is 22.9. The fourth-order valence-corrected chi connectivity index (χ4v) is 2.68. The first-order valence-electron chi connectivity index (χ1n) is 8.88. The van der Waals surface area contributed by atoms with E-state index in [0.29, 0.717) is 24.7 Å². The van der Waals surface area contributed by atoms with Crippen molar-refractivity contribution in [3.05, 3.63) is 23.9 Å². The number of carbonyl (C=O) groups is 1. The van der Waals surface area contributed by atoms with E-state index in [4.69, 9.17) is 4.74 Å². The van der Waals surface area contributed by atoms with Gasteiger partial charge in [0.2, 0.25) is 5.91 Å². The van der Waals surface area contributed by atoms with Crippen molar-refractivity contribution in [3.63, 3.8) is 0 Å². The highest BCUT2D eigenvalue weighted by molar-refractivity contribution is 14.0. The lowest BCUT2D eigenvalue weighted by Gasteiger charge is -2.24. The topological polar surface area (TPSA) is 78.8 Å². The lowest BCUT2D eigenvalue weighted by atomic mass is 10.1. The molecule has 1 atom stereocenters. The SMILES string of the molecule is CCNC(=NCCC(=O)Nc1ccc(C)cn1)N(C)CC1CCOC1.I. The zero-order chi connectivity index (χ0) is 18.1. The van der Waals surface area contributed by atoms with Crippen molar-refractivity contribution in [2.24, 2.45) is 10.9 Å². The van der Waals surface area contributed by atoms with Gasteiger partial charge >= 0.3 is 0 Å². The van der Waals surface area contributed by atoms with E-state index in [2.05, 4.69) is 25.5 Å². The van der Waals surface area contributed by atoms with Crippen LogP contribution in [0.2, 0.25) is 0 Å². The van der Waals surface area contributed by atoms with Gasteiger partial charge in [-0.2, -0.15) is 0 Å². The Morgan fingerprint density at radius 2 is 2.27 bits per heavy atom. The van der Waals surface area contributed by atoms with Crippen LogP contribution < -0.4 is 10.6 Å². The van der Waals surface area contributed by atoms with Crippen LogP contribution in [0.3, 0.4) is 0 Å². The fourth-order valence-electron chi connectivity index (χ4n) is 2.68. The first kappa shape index (κ1) is 22.6. The van der Waals surface area contributed by atoms with E-state index < -0.39 is 0 Å². The first-order valence-corrected chi connectivity index (χ1v) is 8.88. The highest BCUT2D eigenvalue weighted by Crippen LogP contribution is 2.13. The summed E-state index contributed by atoms with van der Waals surface area (Å²) in [7, 11) is 2.02. The van der Waals surface area contributed by atoms with Gasteiger partial charge in [-0.25, -0.2) is 4.98 Å². The van der Waals surface area contributed by atoms with Crippen molar-refractivity contribution in [2.45, 2.75) is 26.7 Å². The Balaban J connectivity index is 0.00000338. The van der Waals surface area contributed by atoms with E-state index in [9.17, 15) is 4.79 Å². The molecule has 1 aromatic heterocycles. The van der Waals surface area contributed by atoms with Crippen LogP contribution in [-0.4, -0.2) is 61.6 Å². The van der Waals surface area contributed by atoms with Gasteiger partial charge in [0.25, 0.3) is 0 Å². The van der Waals surface area contributed by atoms with Crippen molar-refractivity contribution < 1.29 is 9.53 Å². The smallest absolute Gasteiger partial charge is 0.227 e. The number of nitrogens with zero attached hydrogens (tertiary/aromatic N) is 3. The van der Waals surface area contributed by atoms with Gasteiger partial charge in [0.05, 0.1) is 13.2 Å². The Morgan fingerprint density at radius 3 is 2.88 bits per heavy atom. The number of hydrogen-bond acceptors (Lipinski definition) is 4.